The van der Waals surface area contributed by atoms with E-state index in [4.69, 9.17) is 4.74 Å². The minimum Gasteiger partial charge on any atom is -0.481 e. The van der Waals surface area contributed by atoms with Crippen LogP contribution in [0.15, 0.2) is 36.5 Å². The standard InChI is InChI=1S/C22H27N3O2/c1-14-8-21(27-4)23-10-17(14)15-6-5-7-16(9-15)22(26)25-12-19-18(11-24(2)3)20(19)13-25/h5-10,18-20H,11-13H2,1-4H3/t18?,19-,20+. The second kappa shape index (κ2) is 6.97. The molecule has 1 aromatic carbocycles. The average Bonchev–Trinajstić information content (AvgIpc) is 3.09. The van der Waals surface area contributed by atoms with Crippen LogP contribution in [0.25, 0.3) is 11.1 Å². The Bertz CT molecular complexity index is 852. The maximum atomic E-state index is 13.0. The Morgan fingerprint density at radius 1 is 1.26 bits per heavy atom. The number of likely N-dealkylation sites (tertiary alicyclic amines) is 1. The van der Waals surface area contributed by atoms with E-state index in [0.717, 1.165) is 47.8 Å². The van der Waals surface area contributed by atoms with Crippen LogP contribution < -0.4 is 4.74 Å². The van der Waals surface area contributed by atoms with Crippen molar-refractivity contribution in [1.29, 1.82) is 0 Å². The molecule has 2 aliphatic rings. The quantitative estimate of drug-likeness (QED) is 0.817. The number of fused-ring (bicyclic) bond motifs is 1. The van der Waals surface area contributed by atoms with Crippen molar-refractivity contribution >= 4 is 5.91 Å². The summed E-state index contributed by atoms with van der Waals surface area (Å²) < 4.78 is 5.19. The number of ether oxygens (including phenoxy) is 1. The Hall–Kier alpha value is -2.40. The summed E-state index contributed by atoms with van der Waals surface area (Å²) in [6.07, 6.45) is 1.81. The zero-order valence-electron chi connectivity index (χ0n) is 16.5. The first-order valence-corrected chi connectivity index (χ1v) is 9.53. The van der Waals surface area contributed by atoms with E-state index in [1.807, 2.05) is 48.4 Å². The van der Waals surface area contributed by atoms with Crippen molar-refractivity contribution in [3.05, 3.63) is 47.7 Å². The molecular formula is C22H27N3O2. The number of benzene rings is 1. The molecule has 0 bridgehead atoms. The maximum absolute atomic E-state index is 13.0. The molecule has 3 atom stereocenters. The molecule has 27 heavy (non-hydrogen) atoms. The van der Waals surface area contributed by atoms with Crippen molar-refractivity contribution in [3.63, 3.8) is 0 Å². The molecule has 1 unspecified atom stereocenters. The predicted molar refractivity (Wildman–Crippen MR) is 106 cm³/mol. The molecule has 142 valence electrons. The number of amides is 1. The van der Waals surface area contributed by atoms with Crippen LogP contribution in [0.1, 0.15) is 15.9 Å². The molecule has 1 aliphatic heterocycles. The molecule has 1 aromatic heterocycles. The summed E-state index contributed by atoms with van der Waals surface area (Å²) in [5, 5.41) is 0. The number of methoxy groups -OCH3 is 1. The lowest BCUT2D eigenvalue weighted by molar-refractivity contribution is 0.0765. The van der Waals surface area contributed by atoms with Crippen LogP contribution in [0.3, 0.4) is 0 Å². The van der Waals surface area contributed by atoms with Gasteiger partial charge in [-0.1, -0.05) is 12.1 Å². The molecule has 0 spiro atoms. The van der Waals surface area contributed by atoms with E-state index in [2.05, 4.69) is 24.0 Å². The van der Waals surface area contributed by atoms with Gasteiger partial charge in [-0.25, -0.2) is 4.98 Å². The molecule has 5 nitrogen and oxygen atoms in total. The number of piperidine rings is 1. The molecular weight excluding hydrogens is 338 g/mol. The SMILES string of the molecule is COc1cc(C)c(-c2cccc(C(=O)N3C[C@@H]4C(CN(C)C)[C@@H]4C3)c2)cn1. The first-order chi connectivity index (χ1) is 13.0. The van der Waals surface area contributed by atoms with Gasteiger partial charge in [0.05, 0.1) is 7.11 Å². The lowest BCUT2D eigenvalue weighted by Crippen LogP contribution is -2.33. The van der Waals surface area contributed by atoms with E-state index in [1.54, 1.807) is 7.11 Å². The van der Waals surface area contributed by atoms with E-state index in [0.29, 0.717) is 17.7 Å². The van der Waals surface area contributed by atoms with Crippen LogP contribution in [0.4, 0.5) is 0 Å². The van der Waals surface area contributed by atoms with Gasteiger partial charge in [0.1, 0.15) is 0 Å². The summed E-state index contributed by atoms with van der Waals surface area (Å²) in [5.41, 5.74) is 3.89. The Labute approximate surface area is 161 Å². The molecule has 1 amide bonds. The zero-order chi connectivity index (χ0) is 19.1. The molecule has 5 heteroatoms. The van der Waals surface area contributed by atoms with E-state index in [1.165, 1.54) is 0 Å². The molecule has 2 heterocycles. The number of nitrogens with zero attached hydrogens (tertiary/aromatic N) is 3. The van der Waals surface area contributed by atoms with Crippen molar-refractivity contribution in [2.24, 2.45) is 17.8 Å². The van der Waals surface area contributed by atoms with Crippen LogP contribution in [-0.4, -0.2) is 61.5 Å². The lowest BCUT2D eigenvalue weighted by Gasteiger charge is -2.21. The first kappa shape index (κ1) is 18.0. The predicted octanol–water partition coefficient (Wildman–Crippen LogP) is 2.95. The van der Waals surface area contributed by atoms with Gasteiger partial charge in [-0.05, 0) is 62.0 Å². The monoisotopic (exact) mass is 365 g/mol. The topological polar surface area (TPSA) is 45.7 Å². The highest BCUT2D eigenvalue weighted by molar-refractivity contribution is 5.96. The normalized spacial score (nSPS) is 23.4. The molecule has 0 N–H and O–H groups in total. The minimum absolute atomic E-state index is 0.145. The molecule has 2 aromatic rings. The third-order valence-electron chi connectivity index (χ3n) is 5.95. The number of hydrogen-bond acceptors (Lipinski definition) is 4. The van der Waals surface area contributed by atoms with E-state index >= 15 is 0 Å². The van der Waals surface area contributed by atoms with Crippen molar-refractivity contribution in [2.45, 2.75) is 6.92 Å². The second-order valence-electron chi connectivity index (χ2n) is 8.09. The van der Waals surface area contributed by atoms with Gasteiger partial charge in [-0.3, -0.25) is 4.79 Å². The highest BCUT2D eigenvalue weighted by atomic mass is 16.5. The summed E-state index contributed by atoms with van der Waals surface area (Å²) in [6.45, 7) is 4.97. The van der Waals surface area contributed by atoms with Gasteiger partial charge in [0.25, 0.3) is 5.91 Å². The summed E-state index contributed by atoms with van der Waals surface area (Å²) in [4.78, 5) is 21.6. The van der Waals surface area contributed by atoms with E-state index in [9.17, 15) is 4.79 Å². The Morgan fingerprint density at radius 2 is 2.00 bits per heavy atom. The summed E-state index contributed by atoms with van der Waals surface area (Å²) in [5.74, 6) is 2.89. The molecule has 1 aliphatic carbocycles. The largest absolute Gasteiger partial charge is 0.481 e. The number of carbonyl (C=O) groups is 1. The van der Waals surface area contributed by atoms with Crippen LogP contribution in [0, 0.1) is 24.7 Å². The third kappa shape index (κ3) is 3.44. The van der Waals surface area contributed by atoms with Crippen molar-refractivity contribution < 1.29 is 9.53 Å². The summed E-state index contributed by atoms with van der Waals surface area (Å²) in [6, 6.07) is 9.81. The van der Waals surface area contributed by atoms with Crippen molar-refractivity contribution in [2.75, 3.05) is 40.8 Å². The molecule has 2 fully saturated rings. The zero-order valence-corrected chi connectivity index (χ0v) is 16.5. The second-order valence-corrected chi connectivity index (χ2v) is 8.09. The fourth-order valence-corrected chi connectivity index (χ4v) is 4.45. The molecule has 4 rings (SSSR count). The van der Waals surface area contributed by atoms with Crippen molar-refractivity contribution in [1.82, 2.24) is 14.8 Å². The number of pyridine rings is 1. The number of aromatic nitrogens is 1. The number of rotatable bonds is 5. The highest BCUT2D eigenvalue weighted by Gasteiger charge is 2.56. The van der Waals surface area contributed by atoms with Gasteiger partial charge in [-0.15, -0.1) is 0 Å². The van der Waals surface area contributed by atoms with E-state index in [-0.39, 0.29) is 5.91 Å². The van der Waals surface area contributed by atoms with Crippen LogP contribution in [0.5, 0.6) is 5.88 Å². The summed E-state index contributed by atoms with van der Waals surface area (Å²) in [7, 11) is 5.86. The van der Waals surface area contributed by atoms with Crippen LogP contribution >= 0.6 is 0 Å². The number of carbonyl (C=O) groups excluding carboxylic acids is 1. The van der Waals surface area contributed by atoms with Gasteiger partial charge in [0, 0.05) is 43.0 Å². The summed E-state index contributed by atoms with van der Waals surface area (Å²) >= 11 is 0. The van der Waals surface area contributed by atoms with Crippen LogP contribution in [-0.2, 0) is 0 Å². The van der Waals surface area contributed by atoms with E-state index < -0.39 is 0 Å². The first-order valence-electron chi connectivity index (χ1n) is 9.53. The average molecular weight is 365 g/mol. The molecule has 0 radical (unpaired) electrons. The molecule has 1 saturated heterocycles. The minimum atomic E-state index is 0.145. The Kier molecular flexibility index (Phi) is 4.64. The van der Waals surface area contributed by atoms with Gasteiger partial charge >= 0.3 is 0 Å². The van der Waals surface area contributed by atoms with Crippen LogP contribution in [0.2, 0.25) is 0 Å². The fraction of sp³-hybridized carbons (Fsp3) is 0.455. The van der Waals surface area contributed by atoms with Crippen molar-refractivity contribution in [3.8, 4) is 17.0 Å². The fourth-order valence-electron chi connectivity index (χ4n) is 4.45. The van der Waals surface area contributed by atoms with Gasteiger partial charge in [-0.2, -0.15) is 0 Å². The number of hydrogen-bond donors (Lipinski definition) is 0. The van der Waals surface area contributed by atoms with Gasteiger partial charge < -0.3 is 14.5 Å². The Morgan fingerprint density at radius 3 is 2.63 bits per heavy atom. The maximum Gasteiger partial charge on any atom is 0.253 e. The van der Waals surface area contributed by atoms with Gasteiger partial charge in [0.2, 0.25) is 5.88 Å². The highest BCUT2D eigenvalue weighted by Crippen LogP contribution is 2.52. The third-order valence-corrected chi connectivity index (χ3v) is 5.95. The van der Waals surface area contributed by atoms with Gasteiger partial charge in [0.15, 0.2) is 0 Å². The number of aryl methyl sites for hydroxylation is 1. The Balaban J connectivity index is 1.48. The smallest absolute Gasteiger partial charge is 0.253 e. The lowest BCUT2D eigenvalue weighted by atomic mass is 10.0. The molecule has 1 saturated carbocycles.